The fourth-order valence-corrected chi connectivity index (χ4v) is 3.12. The Kier molecular flexibility index (Phi) is 4.21. The molecule has 6 nitrogen and oxygen atoms in total. The maximum atomic E-state index is 14.5. The summed E-state index contributed by atoms with van der Waals surface area (Å²) >= 11 is 0. The van der Waals surface area contributed by atoms with Gasteiger partial charge >= 0.3 is 0 Å². The van der Waals surface area contributed by atoms with E-state index >= 15 is 0 Å². The van der Waals surface area contributed by atoms with Gasteiger partial charge in [-0.05, 0) is 20.0 Å². The maximum absolute atomic E-state index is 14.5. The van der Waals surface area contributed by atoms with Crippen LogP contribution in [0.25, 0.3) is 11.0 Å². The number of carbonyl (C=O) groups excluding carboxylic acids is 1. The minimum atomic E-state index is -0.435. The molecule has 2 N–H and O–H groups in total. The zero-order valence-electron chi connectivity index (χ0n) is 13.5. The molecule has 0 atom stereocenters. The lowest BCUT2D eigenvalue weighted by molar-refractivity contribution is -0.117. The number of rotatable bonds is 4. The summed E-state index contributed by atoms with van der Waals surface area (Å²) in [7, 11) is 2.07. The van der Waals surface area contributed by atoms with Gasteiger partial charge in [-0.15, -0.1) is 0 Å². The number of hydrogen-bond acceptors (Lipinski definition) is 4. The van der Waals surface area contributed by atoms with Gasteiger partial charge in [0.15, 0.2) is 0 Å². The second-order valence-electron chi connectivity index (χ2n) is 6.00. The average molecular weight is 319 g/mol. The minimum absolute atomic E-state index is 0.0635. The van der Waals surface area contributed by atoms with Gasteiger partial charge in [-0.3, -0.25) is 4.79 Å². The number of aryl methyl sites for hydroxylation is 1. The third-order valence-corrected chi connectivity index (χ3v) is 4.39. The molecule has 7 heteroatoms. The van der Waals surface area contributed by atoms with Crippen molar-refractivity contribution in [3.63, 3.8) is 0 Å². The van der Waals surface area contributed by atoms with Crippen LogP contribution in [-0.2, 0) is 17.8 Å². The van der Waals surface area contributed by atoms with Gasteiger partial charge in [-0.2, -0.15) is 0 Å². The van der Waals surface area contributed by atoms with Gasteiger partial charge in [0, 0.05) is 38.8 Å². The number of piperazine rings is 1. The Labute approximate surface area is 134 Å². The molecule has 0 aliphatic carbocycles. The van der Waals surface area contributed by atoms with Crippen molar-refractivity contribution in [2.24, 2.45) is 5.73 Å². The Morgan fingerprint density at radius 3 is 2.61 bits per heavy atom. The van der Waals surface area contributed by atoms with Crippen molar-refractivity contribution in [3.05, 3.63) is 23.8 Å². The number of halogens is 1. The van der Waals surface area contributed by atoms with Crippen molar-refractivity contribution < 1.29 is 9.18 Å². The van der Waals surface area contributed by atoms with Crippen LogP contribution in [0.15, 0.2) is 12.1 Å². The van der Waals surface area contributed by atoms with Gasteiger partial charge in [0.1, 0.15) is 11.6 Å². The van der Waals surface area contributed by atoms with E-state index in [0.29, 0.717) is 23.6 Å². The number of nitrogens with two attached hydrogens (primary N) is 1. The molecule has 1 aromatic heterocycles. The van der Waals surface area contributed by atoms with Crippen molar-refractivity contribution in [2.75, 3.05) is 38.1 Å². The number of carbonyl (C=O) groups is 1. The van der Waals surface area contributed by atoms with Crippen molar-refractivity contribution in [2.45, 2.75) is 19.9 Å². The van der Waals surface area contributed by atoms with Gasteiger partial charge in [0.2, 0.25) is 5.91 Å². The van der Waals surface area contributed by atoms with Gasteiger partial charge < -0.3 is 20.1 Å². The summed E-state index contributed by atoms with van der Waals surface area (Å²) < 4.78 is 16.4. The van der Waals surface area contributed by atoms with Crippen LogP contribution in [0, 0.1) is 5.82 Å². The topological polar surface area (TPSA) is 67.4 Å². The quantitative estimate of drug-likeness (QED) is 0.912. The van der Waals surface area contributed by atoms with Crippen molar-refractivity contribution in [1.82, 2.24) is 14.5 Å². The van der Waals surface area contributed by atoms with E-state index in [-0.39, 0.29) is 12.2 Å². The van der Waals surface area contributed by atoms with Gasteiger partial charge in [0.25, 0.3) is 0 Å². The standard InChI is InChI=1S/C16H22FN5O/c1-3-22-14-9-13(21-6-4-20(2)5-7-21)11(17)8-12(14)19-16(22)10-15(18)23/h8-9H,3-7,10H2,1-2H3,(H2,18,23). The number of fused-ring (bicyclic) bond motifs is 1. The molecule has 1 saturated heterocycles. The van der Waals surface area contributed by atoms with Crippen LogP contribution in [0.5, 0.6) is 0 Å². The second-order valence-corrected chi connectivity index (χ2v) is 6.00. The summed E-state index contributed by atoms with van der Waals surface area (Å²) in [6.07, 6.45) is 0.0635. The lowest BCUT2D eigenvalue weighted by Crippen LogP contribution is -2.44. The number of hydrogen-bond donors (Lipinski definition) is 1. The lowest BCUT2D eigenvalue weighted by atomic mass is 10.2. The van der Waals surface area contributed by atoms with E-state index < -0.39 is 5.91 Å². The molecule has 1 aromatic carbocycles. The zero-order chi connectivity index (χ0) is 16.6. The van der Waals surface area contributed by atoms with Gasteiger partial charge in [-0.25, -0.2) is 9.37 Å². The molecule has 23 heavy (non-hydrogen) atoms. The van der Waals surface area contributed by atoms with Crippen molar-refractivity contribution >= 4 is 22.6 Å². The van der Waals surface area contributed by atoms with Crippen LogP contribution in [0.2, 0.25) is 0 Å². The SMILES string of the molecule is CCn1c(CC(N)=O)nc2cc(F)c(N3CCN(C)CC3)cc21. The Morgan fingerprint density at radius 2 is 2.00 bits per heavy atom. The van der Waals surface area contributed by atoms with Crippen LogP contribution in [0.1, 0.15) is 12.7 Å². The fraction of sp³-hybridized carbons (Fsp3) is 0.500. The Balaban J connectivity index is 2.03. The molecule has 1 fully saturated rings. The predicted molar refractivity (Wildman–Crippen MR) is 88.0 cm³/mol. The number of anilines is 1. The monoisotopic (exact) mass is 319 g/mol. The smallest absolute Gasteiger partial charge is 0.225 e. The van der Waals surface area contributed by atoms with E-state index in [2.05, 4.69) is 21.8 Å². The Bertz CT molecular complexity index is 734. The third kappa shape index (κ3) is 3.01. The van der Waals surface area contributed by atoms with E-state index in [1.54, 1.807) is 0 Å². The summed E-state index contributed by atoms with van der Waals surface area (Å²) in [5, 5.41) is 0. The Morgan fingerprint density at radius 1 is 1.30 bits per heavy atom. The summed E-state index contributed by atoms with van der Waals surface area (Å²) in [5.74, 6) is -0.117. The number of primary amides is 1. The van der Waals surface area contributed by atoms with Crippen LogP contribution >= 0.6 is 0 Å². The van der Waals surface area contributed by atoms with Gasteiger partial charge in [-0.1, -0.05) is 0 Å². The molecule has 3 rings (SSSR count). The highest BCUT2D eigenvalue weighted by atomic mass is 19.1. The summed E-state index contributed by atoms with van der Waals surface area (Å²) in [6.45, 7) is 6.06. The molecule has 124 valence electrons. The highest BCUT2D eigenvalue weighted by molar-refractivity contribution is 5.83. The van der Waals surface area contributed by atoms with Crippen LogP contribution in [-0.4, -0.2) is 53.6 Å². The number of aromatic nitrogens is 2. The fourth-order valence-electron chi connectivity index (χ4n) is 3.12. The minimum Gasteiger partial charge on any atom is -0.369 e. The first-order valence-electron chi connectivity index (χ1n) is 7.90. The molecule has 1 aliphatic rings. The summed E-state index contributed by atoms with van der Waals surface area (Å²) in [6, 6.07) is 3.30. The number of likely N-dealkylation sites (N-methyl/N-ethyl adjacent to an activating group) is 1. The molecule has 0 unspecified atom stereocenters. The van der Waals surface area contributed by atoms with Gasteiger partial charge in [0.05, 0.1) is 23.1 Å². The Hall–Kier alpha value is -2.15. The zero-order valence-corrected chi connectivity index (χ0v) is 13.5. The maximum Gasteiger partial charge on any atom is 0.225 e. The molecule has 1 aliphatic heterocycles. The molecule has 0 saturated carbocycles. The summed E-state index contributed by atoms with van der Waals surface area (Å²) in [4.78, 5) is 19.9. The largest absolute Gasteiger partial charge is 0.369 e. The highest BCUT2D eigenvalue weighted by Crippen LogP contribution is 2.27. The van der Waals surface area contributed by atoms with E-state index in [0.717, 1.165) is 31.7 Å². The first-order valence-corrected chi connectivity index (χ1v) is 7.90. The average Bonchev–Trinajstić information content (AvgIpc) is 2.82. The van der Waals surface area contributed by atoms with E-state index in [1.807, 2.05) is 17.6 Å². The predicted octanol–water partition coefficient (Wildman–Crippen LogP) is 0.975. The number of benzene rings is 1. The number of amides is 1. The first-order chi connectivity index (χ1) is 11.0. The molecular formula is C16H22FN5O. The van der Waals surface area contributed by atoms with Crippen LogP contribution in [0.3, 0.4) is 0 Å². The lowest BCUT2D eigenvalue weighted by Gasteiger charge is -2.34. The van der Waals surface area contributed by atoms with E-state index in [1.165, 1.54) is 6.07 Å². The molecule has 0 bridgehead atoms. The first kappa shape index (κ1) is 15.7. The van der Waals surface area contributed by atoms with Crippen LogP contribution in [0.4, 0.5) is 10.1 Å². The number of imidazole rings is 1. The second kappa shape index (κ2) is 6.16. The molecular weight excluding hydrogens is 297 g/mol. The molecule has 0 radical (unpaired) electrons. The van der Waals surface area contributed by atoms with E-state index in [9.17, 15) is 9.18 Å². The number of nitrogens with zero attached hydrogens (tertiary/aromatic N) is 4. The highest BCUT2D eigenvalue weighted by Gasteiger charge is 2.20. The third-order valence-electron chi connectivity index (χ3n) is 4.39. The van der Waals surface area contributed by atoms with Crippen LogP contribution < -0.4 is 10.6 Å². The summed E-state index contributed by atoms with van der Waals surface area (Å²) in [5.41, 5.74) is 7.30. The molecule has 2 heterocycles. The normalized spacial score (nSPS) is 16.2. The van der Waals surface area contributed by atoms with Crippen molar-refractivity contribution in [3.8, 4) is 0 Å². The van der Waals surface area contributed by atoms with E-state index in [4.69, 9.17) is 5.73 Å². The van der Waals surface area contributed by atoms with Crippen molar-refractivity contribution in [1.29, 1.82) is 0 Å². The molecule has 2 aromatic rings. The molecule has 1 amide bonds. The molecule has 0 spiro atoms.